The number of aromatic nitrogens is 1. The second-order valence-corrected chi connectivity index (χ2v) is 1.97. The lowest BCUT2D eigenvalue weighted by Crippen LogP contribution is -2.05. The van der Waals surface area contributed by atoms with Gasteiger partial charge < -0.3 is 5.73 Å². The van der Waals surface area contributed by atoms with Crippen LogP contribution in [-0.4, -0.2) is 4.98 Å². The summed E-state index contributed by atoms with van der Waals surface area (Å²) < 4.78 is 35.7. The molecule has 68 valence electrons. The van der Waals surface area contributed by atoms with Crippen LogP contribution in [-0.2, 0) is 6.18 Å². The van der Waals surface area contributed by atoms with E-state index in [1.54, 1.807) is 0 Å². The van der Waals surface area contributed by atoms with Gasteiger partial charge in [-0.3, -0.25) is 0 Å². The number of alkyl halides is 3. The predicted molar refractivity (Wildman–Crippen MR) is 40.9 cm³/mol. The Morgan fingerprint density at radius 3 is 2.25 bits per heavy atom. The van der Waals surface area contributed by atoms with Gasteiger partial charge in [-0.05, 0) is 12.1 Å². The number of nitrogens with zero attached hydrogens (tertiary/aromatic N) is 1. The Morgan fingerprint density at radius 1 is 1.33 bits per heavy atom. The highest BCUT2D eigenvalue weighted by Crippen LogP contribution is 2.29. The summed E-state index contributed by atoms with van der Waals surface area (Å²) in [7, 11) is 0. The molecule has 0 radical (unpaired) electrons. The molecule has 1 heterocycles. The van der Waals surface area contributed by atoms with Crippen molar-refractivity contribution in [2.75, 3.05) is 5.73 Å². The lowest BCUT2D eigenvalue weighted by molar-refractivity contribution is -0.137. The molecule has 1 aromatic heterocycles. The maximum absolute atomic E-state index is 11.9. The summed E-state index contributed by atoms with van der Waals surface area (Å²) in [5.74, 6) is -0.125. The van der Waals surface area contributed by atoms with Gasteiger partial charge in [0.05, 0.1) is 5.56 Å². The zero-order valence-electron chi connectivity index (χ0n) is 5.80. The summed E-state index contributed by atoms with van der Waals surface area (Å²) >= 11 is 0. The number of rotatable bonds is 0. The molecule has 0 aliphatic heterocycles. The predicted octanol–water partition coefficient (Wildman–Crippen LogP) is 2.10. The molecule has 1 rings (SSSR count). The number of nitrogens with two attached hydrogens (primary N) is 1. The highest BCUT2D eigenvalue weighted by Gasteiger charge is 2.30. The minimum atomic E-state index is -4.34. The van der Waals surface area contributed by atoms with Crippen LogP contribution in [0.5, 0.6) is 0 Å². The van der Waals surface area contributed by atoms with Crippen LogP contribution in [0.2, 0.25) is 0 Å². The van der Waals surface area contributed by atoms with Crippen molar-refractivity contribution in [2.45, 2.75) is 6.18 Å². The Labute approximate surface area is 73.0 Å². The SMILES string of the molecule is Cl.Nc1cc(C(F)(F)F)ccn1. The third-order valence-corrected chi connectivity index (χ3v) is 1.11. The highest BCUT2D eigenvalue weighted by atomic mass is 35.5. The molecule has 0 unspecified atom stereocenters. The molecule has 12 heavy (non-hydrogen) atoms. The number of hydrogen-bond acceptors (Lipinski definition) is 2. The smallest absolute Gasteiger partial charge is 0.384 e. The number of hydrogen-bond donors (Lipinski definition) is 1. The van der Waals surface area contributed by atoms with Gasteiger partial charge in [-0.1, -0.05) is 0 Å². The molecule has 0 saturated carbocycles. The molecule has 0 atom stereocenters. The maximum atomic E-state index is 11.9. The topological polar surface area (TPSA) is 38.9 Å². The summed E-state index contributed by atoms with van der Waals surface area (Å²) in [6.07, 6.45) is -3.31. The van der Waals surface area contributed by atoms with Gasteiger partial charge in [0.15, 0.2) is 0 Å². The molecule has 0 bridgehead atoms. The Morgan fingerprint density at radius 2 is 1.92 bits per heavy atom. The van der Waals surface area contributed by atoms with E-state index in [4.69, 9.17) is 5.73 Å². The van der Waals surface area contributed by atoms with E-state index < -0.39 is 11.7 Å². The summed E-state index contributed by atoms with van der Waals surface area (Å²) in [6, 6.07) is 1.66. The molecule has 1 aromatic rings. The highest BCUT2D eigenvalue weighted by molar-refractivity contribution is 5.85. The Balaban J connectivity index is 0.00000121. The van der Waals surface area contributed by atoms with Gasteiger partial charge in [0.25, 0.3) is 0 Å². The molecule has 0 aliphatic carbocycles. The molecular formula is C6H6ClF3N2. The number of anilines is 1. The second kappa shape index (κ2) is 3.62. The van der Waals surface area contributed by atoms with Gasteiger partial charge in [0.2, 0.25) is 0 Å². The maximum Gasteiger partial charge on any atom is 0.416 e. The van der Waals surface area contributed by atoms with Gasteiger partial charge in [0, 0.05) is 6.20 Å². The third-order valence-electron chi connectivity index (χ3n) is 1.11. The van der Waals surface area contributed by atoms with Crippen LogP contribution in [0.3, 0.4) is 0 Å². The minimum Gasteiger partial charge on any atom is -0.384 e. The van der Waals surface area contributed by atoms with Crippen molar-refractivity contribution >= 4 is 18.2 Å². The lowest BCUT2D eigenvalue weighted by Gasteiger charge is -2.05. The minimum absolute atomic E-state index is 0. The molecule has 0 aliphatic rings. The molecule has 6 heteroatoms. The third kappa shape index (κ3) is 2.58. The summed E-state index contributed by atoms with van der Waals surface area (Å²) in [5.41, 5.74) is 4.27. The van der Waals surface area contributed by atoms with Crippen molar-refractivity contribution in [3.05, 3.63) is 23.9 Å². The van der Waals surface area contributed by atoms with Crippen LogP contribution < -0.4 is 5.73 Å². The largest absolute Gasteiger partial charge is 0.416 e. The number of halogens is 4. The first-order valence-corrected chi connectivity index (χ1v) is 2.79. The Hall–Kier alpha value is -0.970. The van der Waals surface area contributed by atoms with Crippen LogP contribution in [0, 0.1) is 0 Å². The standard InChI is InChI=1S/C6H5F3N2.ClH/c7-6(8,9)4-1-2-11-5(10)3-4;/h1-3H,(H2,10,11);1H. The van der Waals surface area contributed by atoms with E-state index in [2.05, 4.69) is 4.98 Å². The van der Waals surface area contributed by atoms with E-state index in [0.717, 1.165) is 18.3 Å². The molecule has 0 saturated heterocycles. The lowest BCUT2D eigenvalue weighted by atomic mass is 10.2. The van der Waals surface area contributed by atoms with Crippen molar-refractivity contribution in [1.82, 2.24) is 4.98 Å². The molecule has 0 aromatic carbocycles. The van der Waals surface area contributed by atoms with Crippen molar-refractivity contribution in [3.63, 3.8) is 0 Å². The van der Waals surface area contributed by atoms with E-state index in [1.165, 1.54) is 0 Å². The molecule has 0 fully saturated rings. The Bertz CT molecular complexity index is 261. The zero-order valence-corrected chi connectivity index (χ0v) is 6.62. The first-order valence-electron chi connectivity index (χ1n) is 2.79. The van der Waals surface area contributed by atoms with E-state index in [9.17, 15) is 13.2 Å². The average Bonchev–Trinajstić information content (AvgIpc) is 1.86. The first-order chi connectivity index (χ1) is 5.00. The van der Waals surface area contributed by atoms with Gasteiger partial charge in [-0.15, -0.1) is 12.4 Å². The van der Waals surface area contributed by atoms with Crippen LogP contribution >= 0.6 is 12.4 Å². The van der Waals surface area contributed by atoms with Gasteiger partial charge in [0.1, 0.15) is 5.82 Å². The summed E-state index contributed by atoms with van der Waals surface area (Å²) in [5, 5.41) is 0. The van der Waals surface area contributed by atoms with Gasteiger partial charge in [-0.2, -0.15) is 13.2 Å². The average molecular weight is 199 g/mol. The van der Waals surface area contributed by atoms with Crippen LogP contribution in [0.25, 0.3) is 0 Å². The molecule has 0 spiro atoms. The van der Waals surface area contributed by atoms with Crippen molar-refractivity contribution < 1.29 is 13.2 Å². The summed E-state index contributed by atoms with van der Waals surface area (Å²) in [4.78, 5) is 3.43. The quantitative estimate of drug-likeness (QED) is 0.694. The van der Waals surface area contributed by atoms with Crippen molar-refractivity contribution in [3.8, 4) is 0 Å². The fourth-order valence-electron chi connectivity index (χ4n) is 0.625. The monoisotopic (exact) mass is 198 g/mol. The van der Waals surface area contributed by atoms with E-state index in [1.807, 2.05) is 0 Å². The molecule has 2 nitrogen and oxygen atoms in total. The van der Waals surface area contributed by atoms with Crippen LogP contribution in [0.15, 0.2) is 18.3 Å². The van der Waals surface area contributed by atoms with E-state index in [0.29, 0.717) is 0 Å². The van der Waals surface area contributed by atoms with Gasteiger partial charge >= 0.3 is 6.18 Å². The van der Waals surface area contributed by atoms with Crippen LogP contribution in [0.1, 0.15) is 5.56 Å². The van der Waals surface area contributed by atoms with Crippen LogP contribution in [0.4, 0.5) is 19.0 Å². The number of nitrogen functional groups attached to an aromatic ring is 1. The van der Waals surface area contributed by atoms with Crippen molar-refractivity contribution in [2.24, 2.45) is 0 Å². The van der Waals surface area contributed by atoms with E-state index >= 15 is 0 Å². The second-order valence-electron chi connectivity index (χ2n) is 1.97. The molecule has 2 N–H and O–H groups in total. The molecular weight excluding hydrogens is 193 g/mol. The normalized spacial score (nSPS) is 10.6. The fourth-order valence-corrected chi connectivity index (χ4v) is 0.625. The first kappa shape index (κ1) is 11.0. The summed E-state index contributed by atoms with van der Waals surface area (Å²) in [6.45, 7) is 0. The number of pyridine rings is 1. The van der Waals surface area contributed by atoms with E-state index in [-0.39, 0.29) is 18.2 Å². The zero-order chi connectivity index (χ0) is 8.48. The van der Waals surface area contributed by atoms with Crippen molar-refractivity contribution in [1.29, 1.82) is 0 Å². The fraction of sp³-hybridized carbons (Fsp3) is 0.167. The molecule has 0 amide bonds. The Kier molecular flexibility index (Phi) is 3.33. The van der Waals surface area contributed by atoms with Gasteiger partial charge in [-0.25, -0.2) is 4.98 Å².